The van der Waals surface area contributed by atoms with Crippen molar-refractivity contribution in [2.45, 2.75) is 18.6 Å². The fourth-order valence-corrected chi connectivity index (χ4v) is 2.89. The number of nitrogens with one attached hydrogen (secondary N) is 1. The molecule has 0 aliphatic carbocycles. The van der Waals surface area contributed by atoms with Crippen molar-refractivity contribution in [1.29, 1.82) is 0 Å². The standard InChI is InChI=1S/C14H15F3N2OS/c1-20-11-7-13(21-8-11)12(19-18)6-9-3-2-4-10(5-9)14(15,16)17/h2-5,7-8,12,19H,6,18H2,1H3. The predicted octanol–water partition coefficient (Wildman–Crippen LogP) is 3.52. The highest BCUT2D eigenvalue weighted by molar-refractivity contribution is 7.10. The highest BCUT2D eigenvalue weighted by Gasteiger charge is 2.30. The number of methoxy groups -OCH3 is 1. The molecule has 21 heavy (non-hydrogen) atoms. The minimum atomic E-state index is -4.34. The van der Waals surface area contributed by atoms with Gasteiger partial charge in [0.25, 0.3) is 0 Å². The Balaban J connectivity index is 2.18. The average Bonchev–Trinajstić information content (AvgIpc) is 2.93. The summed E-state index contributed by atoms with van der Waals surface area (Å²) in [5, 5.41) is 1.83. The third-order valence-corrected chi connectivity index (χ3v) is 4.09. The van der Waals surface area contributed by atoms with Crippen LogP contribution in [0.4, 0.5) is 13.2 Å². The maximum Gasteiger partial charge on any atom is 0.416 e. The number of hydrogen-bond donors (Lipinski definition) is 2. The molecule has 1 aromatic heterocycles. The van der Waals surface area contributed by atoms with E-state index in [1.807, 2.05) is 11.4 Å². The number of hydrogen-bond acceptors (Lipinski definition) is 4. The van der Waals surface area contributed by atoms with Crippen LogP contribution in [0.5, 0.6) is 5.75 Å². The second-order valence-electron chi connectivity index (χ2n) is 4.51. The zero-order valence-electron chi connectivity index (χ0n) is 11.3. The summed E-state index contributed by atoms with van der Waals surface area (Å²) in [7, 11) is 1.56. The summed E-state index contributed by atoms with van der Waals surface area (Å²) >= 11 is 1.45. The molecule has 0 aliphatic heterocycles. The Labute approximate surface area is 124 Å². The average molecular weight is 316 g/mol. The number of nitrogens with two attached hydrogens (primary N) is 1. The van der Waals surface area contributed by atoms with Crippen LogP contribution in [0.3, 0.4) is 0 Å². The van der Waals surface area contributed by atoms with Crippen LogP contribution in [0, 0.1) is 0 Å². The maximum absolute atomic E-state index is 12.7. The molecule has 0 saturated heterocycles. The molecule has 0 aliphatic rings. The number of rotatable bonds is 5. The van der Waals surface area contributed by atoms with Gasteiger partial charge < -0.3 is 4.74 Å². The monoisotopic (exact) mass is 316 g/mol. The molecule has 2 aromatic rings. The molecule has 0 fully saturated rings. The van der Waals surface area contributed by atoms with Gasteiger partial charge in [-0.25, -0.2) is 0 Å². The van der Waals surface area contributed by atoms with E-state index in [2.05, 4.69) is 5.43 Å². The quantitative estimate of drug-likeness (QED) is 0.655. The third-order valence-electron chi connectivity index (χ3n) is 3.07. The normalized spacial score (nSPS) is 13.2. The molecule has 0 bridgehead atoms. The van der Waals surface area contributed by atoms with Crippen molar-refractivity contribution < 1.29 is 17.9 Å². The second-order valence-corrected chi connectivity index (χ2v) is 5.45. The molecule has 2 rings (SSSR count). The first-order valence-electron chi connectivity index (χ1n) is 6.18. The Kier molecular flexibility index (Phi) is 4.87. The molecule has 1 heterocycles. The van der Waals surface area contributed by atoms with Crippen LogP contribution in [-0.2, 0) is 12.6 Å². The number of hydrazine groups is 1. The van der Waals surface area contributed by atoms with Crippen molar-refractivity contribution in [2.24, 2.45) is 5.84 Å². The lowest BCUT2D eigenvalue weighted by atomic mass is 10.0. The van der Waals surface area contributed by atoms with E-state index in [1.54, 1.807) is 13.2 Å². The number of alkyl halides is 3. The van der Waals surface area contributed by atoms with E-state index < -0.39 is 11.7 Å². The topological polar surface area (TPSA) is 47.3 Å². The molecular formula is C14H15F3N2OS. The van der Waals surface area contributed by atoms with Gasteiger partial charge in [0.2, 0.25) is 0 Å². The number of ether oxygens (including phenoxy) is 1. The van der Waals surface area contributed by atoms with Gasteiger partial charge in [-0.3, -0.25) is 11.3 Å². The van der Waals surface area contributed by atoms with Crippen molar-refractivity contribution in [1.82, 2.24) is 5.43 Å². The number of benzene rings is 1. The van der Waals surface area contributed by atoms with Crippen molar-refractivity contribution >= 4 is 11.3 Å². The highest BCUT2D eigenvalue weighted by Crippen LogP contribution is 2.32. The molecular weight excluding hydrogens is 301 g/mol. The highest BCUT2D eigenvalue weighted by atomic mass is 32.1. The zero-order chi connectivity index (χ0) is 15.5. The van der Waals surface area contributed by atoms with Crippen LogP contribution >= 0.6 is 11.3 Å². The molecule has 1 aromatic carbocycles. The Morgan fingerprint density at radius 3 is 2.67 bits per heavy atom. The fraction of sp³-hybridized carbons (Fsp3) is 0.286. The molecule has 0 saturated carbocycles. The summed E-state index contributed by atoms with van der Waals surface area (Å²) in [6, 6.07) is 6.83. The summed E-state index contributed by atoms with van der Waals surface area (Å²) in [5.41, 5.74) is 2.55. The molecule has 0 spiro atoms. The van der Waals surface area contributed by atoms with E-state index in [0.29, 0.717) is 17.7 Å². The molecule has 0 amide bonds. The van der Waals surface area contributed by atoms with Gasteiger partial charge in [0.15, 0.2) is 0 Å². The van der Waals surface area contributed by atoms with Gasteiger partial charge in [-0.1, -0.05) is 18.2 Å². The smallest absolute Gasteiger partial charge is 0.416 e. The number of halogens is 3. The van der Waals surface area contributed by atoms with Gasteiger partial charge in [-0.2, -0.15) is 13.2 Å². The van der Waals surface area contributed by atoms with E-state index in [9.17, 15) is 13.2 Å². The minimum absolute atomic E-state index is 0.262. The van der Waals surface area contributed by atoms with Crippen LogP contribution < -0.4 is 16.0 Å². The summed E-state index contributed by atoms with van der Waals surface area (Å²) in [6.45, 7) is 0. The van der Waals surface area contributed by atoms with E-state index in [1.165, 1.54) is 17.4 Å². The van der Waals surface area contributed by atoms with E-state index in [4.69, 9.17) is 10.6 Å². The minimum Gasteiger partial charge on any atom is -0.496 e. The first kappa shape index (κ1) is 15.8. The van der Waals surface area contributed by atoms with Crippen LogP contribution in [0.15, 0.2) is 35.7 Å². The summed E-state index contributed by atoms with van der Waals surface area (Å²) in [4.78, 5) is 0.909. The largest absolute Gasteiger partial charge is 0.496 e. The fourth-order valence-electron chi connectivity index (χ4n) is 1.98. The maximum atomic E-state index is 12.7. The Morgan fingerprint density at radius 2 is 2.10 bits per heavy atom. The van der Waals surface area contributed by atoms with Gasteiger partial charge >= 0.3 is 6.18 Å². The van der Waals surface area contributed by atoms with Crippen molar-refractivity contribution in [3.8, 4) is 5.75 Å². The Bertz CT molecular complexity index is 598. The van der Waals surface area contributed by atoms with E-state index in [-0.39, 0.29) is 6.04 Å². The molecule has 0 radical (unpaired) electrons. The molecule has 3 nitrogen and oxygen atoms in total. The molecule has 1 unspecified atom stereocenters. The van der Waals surface area contributed by atoms with E-state index in [0.717, 1.165) is 17.0 Å². The van der Waals surface area contributed by atoms with E-state index >= 15 is 0 Å². The lowest BCUT2D eigenvalue weighted by molar-refractivity contribution is -0.137. The Morgan fingerprint density at radius 1 is 1.33 bits per heavy atom. The van der Waals surface area contributed by atoms with Crippen LogP contribution in [0.1, 0.15) is 22.0 Å². The van der Waals surface area contributed by atoms with Crippen molar-refractivity contribution in [3.63, 3.8) is 0 Å². The predicted molar refractivity (Wildman–Crippen MR) is 76.1 cm³/mol. The van der Waals surface area contributed by atoms with Gasteiger partial charge in [-0.15, -0.1) is 11.3 Å². The second kappa shape index (κ2) is 6.46. The van der Waals surface area contributed by atoms with Gasteiger partial charge in [0.1, 0.15) is 5.75 Å². The molecule has 1 atom stereocenters. The van der Waals surface area contributed by atoms with Crippen molar-refractivity contribution in [2.75, 3.05) is 7.11 Å². The summed E-state index contributed by atoms with van der Waals surface area (Å²) in [5.74, 6) is 6.23. The lowest BCUT2D eigenvalue weighted by Crippen LogP contribution is -2.29. The third kappa shape index (κ3) is 3.96. The summed E-state index contributed by atoms with van der Waals surface area (Å²) in [6.07, 6.45) is -3.97. The zero-order valence-corrected chi connectivity index (χ0v) is 12.1. The molecule has 7 heteroatoms. The van der Waals surface area contributed by atoms with Gasteiger partial charge in [0, 0.05) is 10.3 Å². The van der Waals surface area contributed by atoms with Crippen LogP contribution in [-0.4, -0.2) is 7.11 Å². The molecule has 3 N–H and O–H groups in total. The van der Waals surface area contributed by atoms with Crippen LogP contribution in [0.25, 0.3) is 0 Å². The first-order valence-corrected chi connectivity index (χ1v) is 7.06. The van der Waals surface area contributed by atoms with Crippen molar-refractivity contribution in [3.05, 3.63) is 51.7 Å². The molecule has 114 valence electrons. The van der Waals surface area contributed by atoms with Gasteiger partial charge in [0.05, 0.1) is 18.7 Å². The SMILES string of the molecule is COc1csc(C(Cc2cccc(C(F)(F)F)c2)NN)c1. The summed E-state index contributed by atoms with van der Waals surface area (Å²) < 4.78 is 43.2. The number of thiophene rings is 1. The lowest BCUT2D eigenvalue weighted by Gasteiger charge is -2.15. The van der Waals surface area contributed by atoms with Crippen LogP contribution in [0.2, 0.25) is 0 Å². The Hall–Kier alpha value is -1.57. The van der Waals surface area contributed by atoms with Gasteiger partial charge in [-0.05, 0) is 24.1 Å². The first-order chi connectivity index (χ1) is 9.94.